The first-order valence-electron chi connectivity index (χ1n) is 8.30. The SMILES string of the molecule is CN(C)CCOC(=O)C1CCN(C2CCN(C)CC2)CC1. The molecule has 5 nitrogen and oxygen atoms in total. The third-order valence-corrected chi connectivity index (χ3v) is 4.85. The standard InChI is InChI=1S/C16H31N3O2/c1-17(2)12-13-21-16(20)14-4-10-19(11-5-14)15-6-8-18(3)9-7-15/h14-15H,4-13H2,1-3H3. The van der Waals surface area contributed by atoms with Gasteiger partial charge in [0.2, 0.25) is 0 Å². The van der Waals surface area contributed by atoms with Crippen LogP contribution in [0.3, 0.4) is 0 Å². The first-order chi connectivity index (χ1) is 10.1. The zero-order chi connectivity index (χ0) is 15.2. The summed E-state index contributed by atoms with van der Waals surface area (Å²) in [6, 6.07) is 0.729. The van der Waals surface area contributed by atoms with Crippen LogP contribution in [0.5, 0.6) is 0 Å². The zero-order valence-corrected chi connectivity index (χ0v) is 13.9. The first-order valence-corrected chi connectivity index (χ1v) is 8.30. The molecule has 0 spiro atoms. The van der Waals surface area contributed by atoms with Crippen LogP contribution in [0.1, 0.15) is 25.7 Å². The molecule has 2 aliphatic heterocycles. The topological polar surface area (TPSA) is 36.0 Å². The van der Waals surface area contributed by atoms with Crippen molar-refractivity contribution in [2.75, 3.05) is 60.5 Å². The molecular formula is C16H31N3O2. The van der Waals surface area contributed by atoms with E-state index in [1.54, 1.807) is 0 Å². The molecule has 0 aromatic rings. The fraction of sp³-hybridized carbons (Fsp3) is 0.938. The summed E-state index contributed by atoms with van der Waals surface area (Å²) in [6.07, 6.45) is 4.48. The van der Waals surface area contributed by atoms with E-state index in [0.29, 0.717) is 6.61 Å². The summed E-state index contributed by atoms with van der Waals surface area (Å²) >= 11 is 0. The van der Waals surface area contributed by atoms with E-state index in [-0.39, 0.29) is 11.9 Å². The molecule has 0 aromatic carbocycles. The minimum absolute atomic E-state index is 0.0138. The Morgan fingerprint density at radius 1 is 1.10 bits per heavy atom. The molecule has 21 heavy (non-hydrogen) atoms. The van der Waals surface area contributed by atoms with Crippen LogP contribution in [0.25, 0.3) is 0 Å². The number of nitrogens with zero attached hydrogens (tertiary/aromatic N) is 3. The molecule has 2 saturated heterocycles. The maximum absolute atomic E-state index is 12.0. The van der Waals surface area contributed by atoms with Crippen molar-refractivity contribution in [1.29, 1.82) is 0 Å². The maximum Gasteiger partial charge on any atom is 0.309 e. The number of hydrogen-bond acceptors (Lipinski definition) is 5. The number of esters is 1. The molecule has 0 aromatic heterocycles. The van der Waals surface area contributed by atoms with Crippen LogP contribution >= 0.6 is 0 Å². The van der Waals surface area contributed by atoms with Crippen molar-refractivity contribution in [1.82, 2.24) is 14.7 Å². The summed E-state index contributed by atoms with van der Waals surface area (Å²) in [5.74, 6) is 0.134. The predicted molar refractivity (Wildman–Crippen MR) is 84.3 cm³/mol. The largest absolute Gasteiger partial charge is 0.464 e. The second kappa shape index (κ2) is 8.11. The fourth-order valence-electron chi connectivity index (χ4n) is 3.31. The van der Waals surface area contributed by atoms with E-state index in [0.717, 1.165) is 38.5 Å². The first kappa shape index (κ1) is 16.7. The Kier molecular flexibility index (Phi) is 6.45. The molecule has 2 heterocycles. The molecule has 0 unspecified atom stereocenters. The highest BCUT2D eigenvalue weighted by Gasteiger charge is 2.30. The summed E-state index contributed by atoms with van der Waals surface area (Å²) in [4.78, 5) is 19.1. The number of carbonyl (C=O) groups excluding carboxylic acids is 1. The Bertz CT molecular complexity index is 319. The number of likely N-dealkylation sites (N-methyl/N-ethyl adjacent to an activating group) is 1. The molecule has 0 aliphatic carbocycles. The van der Waals surface area contributed by atoms with Gasteiger partial charge in [-0.2, -0.15) is 0 Å². The van der Waals surface area contributed by atoms with Crippen LogP contribution in [0.2, 0.25) is 0 Å². The van der Waals surface area contributed by atoms with E-state index in [9.17, 15) is 4.79 Å². The molecule has 0 atom stereocenters. The Labute approximate surface area is 129 Å². The van der Waals surface area contributed by atoms with Gasteiger partial charge >= 0.3 is 5.97 Å². The number of carbonyl (C=O) groups is 1. The number of ether oxygens (including phenoxy) is 1. The van der Waals surface area contributed by atoms with Crippen molar-refractivity contribution in [3.05, 3.63) is 0 Å². The molecule has 122 valence electrons. The second-order valence-corrected chi connectivity index (χ2v) is 6.82. The monoisotopic (exact) mass is 297 g/mol. The van der Waals surface area contributed by atoms with Crippen molar-refractivity contribution in [2.45, 2.75) is 31.7 Å². The summed E-state index contributed by atoms with van der Waals surface area (Å²) in [7, 11) is 6.19. The summed E-state index contributed by atoms with van der Waals surface area (Å²) in [5.41, 5.74) is 0. The summed E-state index contributed by atoms with van der Waals surface area (Å²) < 4.78 is 5.38. The molecule has 0 bridgehead atoms. The van der Waals surface area contributed by atoms with E-state index < -0.39 is 0 Å². The third-order valence-electron chi connectivity index (χ3n) is 4.85. The highest BCUT2D eigenvalue weighted by molar-refractivity contribution is 5.72. The molecular weight excluding hydrogens is 266 g/mol. The summed E-state index contributed by atoms with van der Waals surface area (Å²) in [6.45, 7) is 5.85. The highest BCUT2D eigenvalue weighted by atomic mass is 16.5. The lowest BCUT2D eigenvalue weighted by molar-refractivity contribution is -0.150. The highest BCUT2D eigenvalue weighted by Crippen LogP contribution is 2.24. The van der Waals surface area contributed by atoms with E-state index in [4.69, 9.17) is 4.74 Å². The van der Waals surface area contributed by atoms with Crippen molar-refractivity contribution in [2.24, 2.45) is 5.92 Å². The quantitative estimate of drug-likeness (QED) is 0.705. The van der Waals surface area contributed by atoms with Gasteiger partial charge in [0, 0.05) is 12.6 Å². The van der Waals surface area contributed by atoms with Gasteiger partial charge in [0.1, 0.15) is 6.61 Å². The fourth-order valence-corrected chi connectivity index (χ4v) is 3.31. The van der Waals surface area contributed by atoms with Crippen molar-refractivity contribution in [3.8, 4) is 0 Å². The maximum atomic E-state index is 12.0. The third kappa shape index (κ3) is 5.24. The van der Waals surface area contributed by atoms with Crippen LogP contribution in [0.4, 0.5) is 0 Å². The second-order valence-electron chi connectivity index (χ2n) is 6.82. The van der Waals surface area contributed by atoms with E-state index in [1.165, 1.54) is 25.9 Å². The summed E-state index contributed by atoms with van der Waals surface area (Å²) in [5, 5.41) is 0. The van der Waals surface area contributed by atoms with Gasteiger partial charge in [-0.3, -0.25) is 4.79 Å². The van der Waals surface area contributed by atoms with Gasteiger partial charge in [-0.05, 0) is 73.0 Å². The van der Waals surface area contributed by atoms with Crippen molar-refractivity contribution in [3.63, 3.8) is 0 Å². The number of hydrogen-bond donors (Lipinski definition) is 0. The van der Waals surface area contributed by atoms with Crippen molar-refractivity contribution < 1.29 is 9.53 Å². The van der Waals surface area contributed by atoms with Crippen LogP contribution < -0.4 is 0 Å². The molecule has 2 rings (SSSR count). The zero-order valence-electron chi connectivity index (χ0n) is 13.9. The average Bonchev–Trinajstić information content (AvgIpc) is 2.48. The van der Waals surface area contributed by atoms with E-state index in [1.807, 2.05) is 19.0 Å². The number of likely N-dealkylation sites (tertiary alicyclic amines) is 2. The molecule has 5 heteroatoms. The lowest BCUT2D eigenvalue weighted by Gasteiger charge is -2.40. The van der Waals surface area contributed by atoms with Crippen molar-refractivity contribution >= 4 is 5.97 Å². The van der Waals surface area contributed by atoms with Gasteiger partial charge in [0.25, 0.3) is 0 Å². The van der Waals surface area contributed by atoms with E-state index in [2.05, 4.69) is 16.8 Å². The number of piperidine rings is 2. The Morgan fingerprint density at radius 3 is 2.29 bits per heavy atom. The Hall–Kier alpha value is -0.650. The Balaban J connectivity index is 1.66. The van der Waals surface area contributed by atoms with Gasteiger partial charge in [-0.25, -0.2) is 0 Å². The van der Waals surface area contributed by atoms with Crippen LogP contribution in [-0.4, -0.2) is 87.2 Å². The number of rotatable bonds is 5. The van der Waals surface area contributed by atoms with E-state index >= 15 is 0 Å². The minimum Gasteiger partial charge on any atom is -0.464 e. The van der Waals surface area contributed by atoms with Crippen LogP contribution in [-0.2, 0) is 9.53 Å². The smallest absolute Gasteiger partial charge is 0.309 e. The van der Waals surface area contributed by atoms with Gasteiger partial charge in [-0.15, -0.1) is 0 Å². The molecule has 0 radical (unpaired) electrons. The lowest BCUT2D eigenvalue weighted by atomic mass is 9.93. The van der Waals surface area contributed by atoms with Crippen LogP contribution in [0.15, 0.2) is 0 Å². The molecule has 2 fully saturated rings. The average molecular weight is 297 g/mol. The predicted octanol–water partition coefficient (Wildman–Crippen LogP) is 0.897. The Morgan fingerprint density at radius 2 is 1.71 bits per heavy atom. The van der Waals surface area contributed by atoms with Gasteiger partial charge in [-0.1, -0.05) is 0 Å². The lowest BCUT2D eigenvalue weighted by Crippen LogP contribution is -2.47. The van der Waals surface area contributed by atoms with Gasteiger partial charge in [0.15, 0.2) is 0 Å². The van der Waals surface area contributed by atoms with Gasteiger partial charge < -0.3 is 19.4 Å². The van der Waals surface area contributed by atoms with Crippen LogP contribution in [0, 0.1) is 5.92 Å². The molecule has 0 saturated carbocycles. The normalized spacial score (nSPS) is 23.6. The molecule has 0 N–H and O–H groups in total. The molecule has 2 aliphatic rings. The van der Waals surface area contributed by atoms with Gasteiger partial charge in [0.05, 0.1) is 5.92 Å². The molecule has 0 amide bonds. The minimum atomic E-state index is 0.0138.